The van der Waals surface area contributed by atoms with Crippen LogP contribution in [0, 0.1) is 0 Å². The van der Waals surface area contributed by atoms with Crippen molar-refractivity contribution in [3.05, 3.63) is 17.7 Å². The van der Waals surface area contributed by atoms with Crippen LogP contribution in [0.3, 0.4) is 0 Å². The molecule has 0 spiro atoms. The van der Waals surface area contributed by atoms with Crippen molar-refractivity contribution in [1.29, 1.82) is 0 Å². The van der Waals surface area contributed by atoms with E-state index < -0.39 is 6.04 Å². The Morgan fingerprint density at radius 2 is 2.38 bits per heavy atom. The fourth-order valence-electron chi connectivity index (χ4n) is 1.49. The first-order valence-electron chi connectivity index (χ1n) is 4.91. The third-order valence-electron chi connectivity index (χ3n) is 2.29. The van der Waals surface area contributed by atoms with Gasteiger partial charge in [-0.25, -0.2) is 0 Å². The van der Waals surface area contributed by atoms with Gasteiger partial charge in [0.2, 0.25) is 0 Å². The number of hydrogen-bond acceptors (Lipinski definition) is 5. The Bertz CT molecular complexity index is 469. The van der Waals surface area contributed by atoms with Gasteiger partial charge < -0.3 is 10.8 Å². The van der Waals surface area contributed by atoms with Crippen molar-refractivity contribution in [2.45, 2.75) is 17.9 Å². The molecule has 1 atom stereocenters. The molecule has 4 nitrogen and oxygen atoms in total. The van der Waals surface area contributed by atoms with Crippen LogP contribution in [0.4, 0.5) is 5.69 Å². The van der Waals surface area contributed by atoms with Crippen LogP contribution >= 0.6 is 11.8 Å². The van der Waals surface area contributed by atoms with E-state index in [-0.39, 0.29) is 11.5 Å². The van der Waals surface area contributed by atoms with Gasteiger partial charge in [0, 0.05) is 22.4 Å². The largest absolute Gasteiger partial charge is 0.506 e. The third-order valence-corrected chi connectivity index (χ3v) is 3.22. The topological polar surface area (TPSA) is 75.7 Å². The first-order chi connectivity index (χ1) is 7.59. The van der Waals surface area contributed by atoms with Crippen LogP contribution in [-0.4, -0.2) is 28.9 Å². The summed E-state index contributed by atoms with van der Waals surface area (Å²) in [6.45, 7) is 1.63. The van der Waals surface area contributed by atoms with Gasteiger partial charge in [-0.05, 0) is 19.1 Å². The van der Waals surface area contributed by atoms with Crippen molar-refractivity contribution in [2.24, 2.45) is 10.7 Å². The summed E-state index contributed by atoms with van der Waals surface area (Å²) < 4.78 is 0. The maximum atomic E-state index is 11.7. The second kappa shape index (κ2) is 4.27. The van der Waals surface area contributed by atoms with Crippen LogP contribution in [0.2, 0.25) is 0 Å². The SMILES string of the molecule is CC(N)C(=O)c1cc(O)c2c(c1)SCC=N2. The van der Waals surface area contributed by atoms with Gasteiger partial charge >= 0.3 is 0 Å². The minimum absolute atomic E-state index is 0.0324. The number of fused-ring (bicyclic) bond motifs is 1. The summed E-state index contributed by atoms with van der Waals surface area (Å²) in [5.41, 5.74) is 6.51. The Labute approximate surface area is 97.6 Å². The normalized spacial score (nSPS) is 15.6. The number of Topliss-reactive ketones (excluding diaryl/α,β-unsaturated/α-hetero) is 1. The molecule has 3 N–H and O–H groups in total. The predicted molar refractivity (Wildman–Crippen MR) is 65.0 cm³/mol. The molecular weight excluding hydrogens is 224 g/mol. The number of phenols is 1. The zero-order valence-electron chi connectivity index (χ0n) is 8.80. The molecule has 2 rings (SSSR count). The number of nitrogens with zero attached hydrogens (tertiary/aromatic N) is 1. The van der Waals surface area contributed by atoms with Crippen LogP contribution < -0.4 is 5.73 Å². The molecule has 0 fully saturated rings. The van der Waals surface area contributed by atoms with Crippen molar-refractivity contribution >= 4 is 29.4 Å². The lowest BCUT2D eigenvalue weighted by molar-refractivity contribution is 0.0967. The molecule has 1 aliphatic heterocycles. The van der Waals surface area contributed by atoms with Gasteiger partial charge in [-0.15, -0.1) is 11.8 Å². The van der Waals surface area contributed by atoms with E-state index in [0.717, 1.165) is 10.6 Å². The molecule has 1 aromatic rings. The fraction of sp³-hybridized carbons (Fsp3) is 0.273. The molecule has 1 heterocycles. The average Bonchev–Trinajstić information content (AvgIpc) is 2.28. The molecule has 84 valence electrons. The predicted octanol–water partition coefficient (Wildman–Crippen LogP) is 1.73. The van der Waals surface area contributed by atoms with E-state index in [1.807, 2.05) is 0 Å². The van der Waals surface area contributed by atoms with Gasteiger partial charge in [-0.3, -0.25) is 9.79 Å². The minimum Gasteiger partial charge on any atom is -0.506 e. The second-order valence-corrected chi connectivity index (χ2v) is 4.68. The van der Waals surface area contributed by atoms with Crippen molar-refractivity contribution in [3.63, 3.8) is 0 Å². The van der Waals surface area contributed by atoms with Gasteiger partial charge in [-0.2, -0.15) is 0 Å². The molecule has 0 saturated heterocycles. The molecule has 1 aliphatic rings. The number of thioether (sulfide) groups is 1. The Kier molecular flexibility index (Phi) is 2.98. The van der Waals surface area contributed by atoms with E-state index >= 15 is 0 Å². The van der Waals surface area contributed by atoms with Gasteiger partial charge in [0.05, 0.1) is 6.04 Å². The Morgan fingerprint density at radius 3 is 3.06 bits per heavy atom. The number of hydrogen-bond donors (Lipinski definition) is 2. The smallest absolute Gasteiger partial charge is 0.179 e. The molecule has 16 heavy (non-hydrogen) atoms. The third kappa shape index (κ3) is 1.96. The fourth-order valence-corrected chi connectivity index (χ4v) is 2.33. The van der Waals surface area contributed by atoms with E-state index in [4.69, 9.17) is 5.73 Å². The zero-order valence-corrected chi connectivity index (χ0v) is 9.62. The van der Waals surface area contributed by atoms with Crippen LogP contribution in [0.5, 0.6) is 5.75 Å². The molecule has 0 aliphatic carbocycles. The number of benzene rings is 1. The standard InChI is InChI=1S/C11H12N2O2S/c1-6(12)11(15)7-4-8(14)10-9(5-7)16-3-2-13-10/h2,4-6,14H,3,12H2,1H3. The number of aromatic hydroxyl groups is 1. The number of nitrogens with two attached hydrogens (primary N) is 1. The minimum atomic E-state index is -0.561. The second-order valence-electron chi connectivity index (χ2n) is 3.62. The quantitative estimate of drug-likeness (QED) is 0.767. The first-order valence-corrected chi connectivity index (χ1v) is 5.90. The van der Waals surface area contributed by atoms with Crippen LogP contribution in [0.15, 0.2) is 22.0 Å². The monoisotopic (exact) mass is 236 g/mol. The molecule has 0 amide bonds. The van der Waals surface area contributed by atoms with E-state index in [9.17, 15) is 9.90 Å². The highest BCUT2D eigenvalue weighted by Gasteiger charge is 2.17. The highest BCUT2D eigenvalue weighted by molar-refractivity contribution is 8.00. The Morgan fingerprint density at radius 1 is 1.62 bits per heavy atom. The summed E-state index contributed by atoms with van der Waals surface area (Å²) >= 11 is 1.54. The maximum Gasteiger partial charge on any atom is 0.179 e. The summed E-state index contributed by atoms with van der Waals surface area (Å²) in [6, 6.07) is 2.60. The maximum absolute atomic E-state index is 11.7. The van der Waals surface area contributed by atoms with Crippen LogP contribution in [-0.2, 0) is 0 Å². The molecule has 0 aromatic heterocycles. The molecule has 1 aromatic carbocycles. The van der Waals surface area contributed by atoms with Gasteiger partial charge in [0.25, 0.3) is 0 Å². The number of carbonyl (C=O) groups excluding carboxylic acids is 1. The van der Waals surface area contributed by atoms with Crippen molar-refractivity contribution in [1.82, 2.24) is 0 Å². The lowest BCUT2D eigenvalue weighted by atomic mass is 10.1. The Balaban J connectivity index is 2.48. The molecule has 0 bridgehead atoms. The summed E-state index contributed by atoms with van der Waals surface area (Å²) in [5, 5.41) is 9.75. The number of rotatable bonds is 2. The molecule has 1 unspecified atom stereocenters. The van der Waals surface area contributed by atoms with E-state index in [1.165, 1.54) is 6.07 Å². The molecule has 0 radical (unpaired) electrons. The number of carbonyl (C=O) groups is 1. The number of phenolic OH excluding ortho intramolecular Hbond substituents is 1. The zero-order chi connectivity index (χ0) is 11.7. The van der Waals surface area contributed by atoms with Crippen LogP contribution in [0.1, 0.15) is 17.3 Å². The lowest BCUT2D eigenvalue weighted by Crippen LogP contribution is -2.26. The highest BCUT2D eigenvalue weighted by atomic mass is 32.2. The molecule has 5 heteroatoms. The summed E-state index contributed by atoms with van der Waals surface area (Å²) in [4.78, 5) is 16.6. The Hall–Kier alpha value is -1.33. The molecular formula is C11H12N2O2S. The van der Waals surface area contributed by atoms with E-state index in [2.05, 4.69) is 4.99 Å². The summed E-state index contributed by atoms with van der Waals surface area (Å²) in [7, 11) is 0. The van der Waals surface area contributed by atoms with Gasteiger partial charge in [0.1, 0.15) is 11.4 Å². The summed E-state index contributed by atoms with van der Waals surface area (Å²) in [5.74, 6) is 0.612. The number of aliphatic imine (C=N–C) groups is 1. The lowest BCUT2D eigenvalue weighted by Gasteiger charge is -2.13. The van der Waals surface area contributed by atoms with Crippen molar-refractivity contribution < 1.29 is 9.90 Å². The van der Waals surface area contributed by atoms with Crippen LogP contribution in [0.25, 0.3) is 0 Å². The van der Waals surface area contributed by atoms with E-state index in [0.29, 0.717) is 11.3 Å². The molecule has 0 saturated carbocycles. The first kappa shape index (κ1) is 11.2. The van der Waals surface area contributed by atoms with E-state index in [1.54, 1.807) is 31.0 Å². The average molecular weight is 236 g/mol. The highest BCUT2D eigenvalue weighted by Crippen LogP contribution is 2.40. The summed E-state index contributed by atoms with van der Waals surface area (Å²) in [6.07, 6.45) is 1.74. The van der Waals surface area contributed by atoms with Crippen molar-refractivity contribution in [3.8, 4) is 5.75 Å². The van der Waals surface area contributed by atoms with Gasteiger partial charge in [-0.1, -0.05) is 0 Å². The van der Waals surface area contributed by atoms with Crippen molar-refractivity contribution in [2.75, 3.05) is 5.75 Å². The van der Waals surface area contributed by atoms with Gasteiger partial charge in [0.15, 0.2) is 5.78 Å². The number of ketones is 1.